The summed E-state index contributed by atoms with van der Waals surface area (Å²) in [5.74, 6) is 0.894. The van der Waals surface area contributed by atoms with E-state index in [2.05, 4.69) is 25.0 Å². The molecule has 0 bridgehead atoms. The highest BCUT2D eigenvalue weighted by Gasteiger charge is 2.19. The number of hydrogen-bond acceptors (Lipinski definition) is 8. The number of anilines is 1. The number of nitrogens with one attached hydrogen (secondary N) is 2. The van der Waals surface area contributed by atoms with Crippen molar-refractivity contribution in [1.29, 1.82) is 0 Å². The van der Waals surface area contributed by atoms with Crippen molar-refractivity contribution in [3.05, 3.63) is 79.1 Å². The van der Waals surface area contributed by atoms with Crippen LogP contribution in [0.4, 0.5) is 10.3 Å². The zero-order chi connectivity index (χ0) is 25.1. The van der Waals surface area contributed by atoms with Crippen LogP contribution in [0.5, 0.6) is 5.75 Å². The van der Waals surface area contributed by atoms with E-state index in [0.717, 1.165) is 0 Å². The zero-order valence-electron chi connectivity index (χ0n) is 19.1. The molecule has 0 saturated heterocycles. The summed E-state index contributed by atoms with van der Waals surface area (Å²) in [5.41, 5.74) is 2.48. The van der Waals surface area contributed by atoms with E-state index in [4.69, 9.17) is 9.15 Å². The molecule has 0 spiro atoms. The maximum Gasteiger partial charge on any atom is 0.306 e. The van der Waals surface area contributed by atoms with Crippen LogP contribution < -0.4 is 14.8 Å². The van der Waals surface area contributed by atoms with E-state index >= 15 is 0 Å². The fourth-order valence-electron chi connectivity index (χ4n) is 3.61. The summed E-state index contributed by atoms with van der Waals surface area (Å²) >= 11 is 0. The first kappa shape index (κ1) is 23.5. The van der Waals surface area contributed by atoms with Crippen LogP contribution in [0.1, 0.15) is 0 Å². The number of fused-ring (bicyclic) bond motifs is 1. The second-order valence-corrected chi connectivity index (χ2v) is 9.40. The molecule has 0 aliphatic rings. The highest BCUT2D eigenvalue weighted by molar-refractivity contribution is 7.89. The van der Waals surface area contributed by atoms with E-state index < -0.39 is 10.0 Å². The van der Waals surface area contributed by atoms with Gasteiger partial charge in [0.15, 0.2) is 0 Å². The number of ether oxygens (including phenoxy) is 1. The van der Waals surface area contributed by atoms with Crippen molar-refractivity contribution < 1.29 is 22.0 Å². The number of aromatic nitrogens is 4. The minimum atomic E-state index is -3.68. The van der Waals surface area contributed by atoms with Crippen molar-refractivity contribution in [2.24, 2.45) is 0 Å². The molecule has 0 saturated carbocycles. The van der Waals surface area contributed by atoms with Crippen molar-refractivity contribution in [1.82, 2.24) is 24.1 Å². The number of sulfonamides is 1. The van der Waals surface area contributed by atoms with E-state index in [1.807, 2.05) is 0 Å². The maximum atomic E-state index is 13.5. The van der Waals surface area contributed by atoms with Gasteiger partial charge >= 0.3 is 5.84 Å². The van der Waals surface area contributed by atoms with Gasteiger partial charge in [0.25, 0.3) is 0 Å². The third-order valence-corrected chi connectivity index (χ3v) is 6.82. The molecule has 0 fully saturated rings. The Bertz CT molecular complexity index is 1600. The number of methoxy groups -OCH3 is 1. The van der Waals surface area contributed by atoms with Gasteiger partial charge in [-0.05, 0) is 54.6 Å². The molecule has 2 aromatic carbocycles. The van der Waals surface area contributed by atoms with Gasteiger partial charge in [-0.15, -0.1) is 0 Å². The van der Waals surface area contributed by atoms with Gasteiger partial charge in [-0.1, -0.05) is 0 Å². The lowest BCUT2D eigenvalue weighted by atomic mass is 10.1. The summed E-state index contributed by atoms with van der Waals surface area (Å²) in [5, 5.41) is 3.03. The van der Waals surface area contributed by atoms with Gasteiger partial charge < -0.3 is 14.5 Å². The summed E-state index contributed by atoms with van der Waals surface area (Å²) in [6, 6.07) is 13.8. The van der Waals surface area contributed by atoms with Crippen molar-refractivity contribution in [2.45, 2.75) is 4.90 Å². The Balaban J connectivity index is 1.31. The largest absolute Gasteiger partial charge is 0.497 e. The topological polar surface area (TPSA) is 124 Å². The molecule has 36 heavy (non-hydrogen) atoms. The Hall–Kier alpha value is -4.29. The number of rotatable bonds is 9. The molecule has 3 aromatic heterocycles. The Morgan fingerprint density at radius 2 is 1.81 bits per heavy atom. The highest BCUT2D eigenvalue weighted by Crippen LogP contribution is 2.32. The maximum absolute atomic E-state index is 13.5. The normalized spacial score (nSPS) is 11.6. The molecule has 3 heterocycles. The molecule has 0 radical (unpaired) electrons. The zero-order valence-corrected chi connectivity index (χ0v) is 19.9. The molecule has 0 aliphatic heterocycles. The fourth-order valence-corrected chi connectivity index (χ4v) is 4.65. The number of imidazole rings is 1. The molecule has 2 N–H and O–H groups in total. The van der Waals surface area contributed by atoms with Gasteiger partial charge in [0.2, 0.25) is 16.0 Å². The second kappa shape index (κ2) is 9.76. The smallest absolute Gasteiger partial charge is 0.306 e. The predicted molar refractivity (Wildman–Crippen MR) is 131 cm³/mol. The van der Waals surface area contributed by atoms with Crippen molar-refractivity contribution >= 4 is 21.8 Å². The molecule has 10 nitrogen and oxygen atoms in total. The van der Waals surface area contributed by atoms with Gasteiger partial charge in [0.05, 0.1) is 17.7 Å². The molecule has 0 aliphatic carbocycles. The molecule has 5 rings (SSSR count). The van der Waals surface area contributed by atoms with Gasteiger partial charge in [0, 0.05) is 31.0 Å². The molecule has 5 aromatic rings. The Morgan fingerprint density at radius 1 is 1.03 bits per heavy atom. The average Bonchev–Trinajstić information content (AvgIpc) is 3.49. The first-order chi connectivity index (χ1) is 17.4. The number of oxazole rings is 1. The van der Waals surface area contributed by atoms with Gasteiger partial charge in [-0.3, -0.25) is 4.40 Å². The van der Waals surface area contributed by atoms with E-state index in [9.17, 15) is 12.8 Å². The minimum absolute atomic E-state index is 0.113. The monoisotopic (exact) mass is 508 g/mol. The first-order valence-corrected chi connectivity index (χ1v) is 12.4. The van der Waals surface area contributed by atoms with Crippen LogP contribution >= 0.6 is 0 Å². The first-order valence-electron chi connectivity index (χ1n) is 10.9. The quantitative estimate of drug-likeness (QED) is 0.290. The summed E-state index contributed by atoms with van der Waals surface area (Å²) in [6.45, 7) is 0.360. The van der Waals surface area contributed by atoms with Crippen LogP contribution in [0.25, 0.3) is 28.5 Å². The molecule has 184 valence electrons. The summed E-state index contributed by atoms with van der Waals surface area (Å²) in [7, 11) is -2.16. The highest BCUT2D eigenvalue weighted by atomic mass is 32.2. The van der Waals surface area contributed by atoms with Crippen LogP contribution in [0, 0.1) is 5.82 Å². The van der Waals surface area contributed by atoms with E-state index in [-0.39, 0.29) is 23.8 Å². The predicted octanol–water partition coefficient (Wildman–Crippen LogP) is 3.59. The van der Waals surface area contributed by atoms with Crippen LogP contribution in [0.15, 0.2) is 82.6 Å². The molecule has 0 amide bonds. The Labute approximate surface area is 205 Å². The molecular formula is C24H21FN6O4S. The lowest BCUT2D eigenvalue weighted by molar-refractivity contribution is 0.414. The third-order valence-electron chi connectivity index (χ3n) is 5.35. The Morgan fingerprint density at radius 3 is 2.56 bits per heavy atom. The second-order valence-electron chi connectivity index (χ2n) is 7.64. The summed E-state index contributed by atoms with van der Waals surface area (Å²) in [4.78, 5) is 13.5. The van der Waals surface area contributed by atoms with Crippen LogP contribution in [0.3, 0.4) is 0 Å². The summed E-state index contributed by atoms with van der Waals surface area (Å²) in [6.07, 6.45) is 4.81. The van der Waals surface area contributed by atoms with Crippen LogP contribution in [0.2, 0.25) is 0 Å². The molecule has 0 atom stereocenters. The SMILES string of the molecule is COc1ccc(S(=O)(=O)NCCNc2nccc(-c3c(-c4ccc(F)cc4)nc4occn34)n2)cc1. The van der Waals surface area contributed by atoms with Crippen molar-refractivity contribution in [3.8, 4) is 28.4 Å². The van der Waals surface area contributed by atoms with E-state index in [1.165, 1.54) is 37.6 Å². The number of hydrogen-bond donors (Lipinski definition) is 2. The number of halogens is 1. The average molecular weight is 509 g/mol. The lowest BCUT2D eigenvalue weighted by Gasteiger charge is -2.09. The number of benzene rings is 2. The lowest BCUT2D eigenvalue weighted by Crippen LogP contribution is -2.29. The van der Waals surface area contributed by atoms with Crippen molar-refractivity contribution in [3.63, 3.8) is 0 Å². The molecule has 0 unspecified atom stereocenters. The minimum Gasteiger partial charge on any atom is -0.497 e. The molecule has 12 heteroatoms. The molecular weight excluding hydrogens is 487 g/mol. The fraction of sp³-hybridized carbons (Fsp3) is 0.125. The van der Waals surface area contributed by atoms with Crippen LogP contribution in [-0.4, -0.2) is 48.0 Å². The third kappa shape index (κ3) is 4.76. The van der Waals surface area contributed by atoms with Crippen LogP contribution in [-0.2, 0) is 10.0 Å². The standard InChI is InChI=1S/C24H21FN6O4S/c1-34-18-6-8-19(9-7-18)36(32,33)28-13-12-27-23-26-11-10-20(29-23)22-21(16-2-4-17(25)5-3-16)30-24-31(22)14-15-35-24/h2-11,14-15,28H,12-13H2,1H3,(H,26,27,29). The summed E-state index contributed by atoms with van der Waals surface area (Å²) < 4.78 is 53.2. The van der Waals surface area contributed by atoms with Gasteiger partial charge in [0.1, 0.15) is 29.2 Å². The Kier molecular flexibility index (Phi) is 6.36. The van der Waals surface area contributed by atoms with E-state index in [0.29, 0.717) is 40.2 Å². The van der Waals surface area contributed by atoms with Crippen molar-refractivity contribution in [2.75, 3.05) is 25.5 Å². The van der Waals surface area contributed by atoms with E-state index in [1.54, 1.807) is 47.1 Å². The number of nitrogens with zero attached hydrogens (tertiary/aromatic N) is 4. The van der Waals surface area contributed by atoms with Gasteiger partial charge in [-0.25, -0.2) is 27.5 Å². The van der Waals surface area contributed by atoms with Gasteiger partial charge in [-0.2, -0.15) is 4.98 Å².